The number of hydrogen-bond donors (Lipinski definition) is 1. The molecule has 2 rings (SSSR count). The van der Waals surface area contributed by atoms with Gasteiger partial charge in [0, 0.05) is 19.3 Å². The summed E-state index contributed by atoms with van der Waals surface area (Å²) >= 11 is 3.43. The van der Waals surface area contributed by atoms with Gasteiger partial charge in [0.25, 0.3) is 0 Å². The van der Waals surface area contributed by atoms with Gasteiger partial charge in [0.05, 0.1) is 10.1 Å². The highest BCUT2D eigenvalue weighted by Gasteiger charge is 2.28. The van der Waals surface area contributed by atoms with Crippen molar-refractivity contribution in [1.29, 1.82) is 0 Å². The average Bonchev–Trinajstić information content (AvgIpc) is 2.19. The summed E-state index contributed by atoms with van der Waals surface area (Å²) in [5, 5.41) is 9.84. The molecule has 0 amide bonds. The molecule has 1 aliphatic heterocycles. The van der Waals surface area contributed by atoms with Crippen molar-refractivity contribution in [2.24, 2.45) is 0 Å². The van der Waals surface area contributed by atoms with Gasteiger partial charge in [-0.3, -0.25) is 0 Å². The van der Waals surface area contributed by atoms with Gasteiger partial charge in [-0.25, -0.2) is 9.97 Å². The maximum Gasteiger partial charge on any atom is 0.146 e. The summed E-state index contributed by atoms with van der Waals surface area (Å²) in [5.74, 6) is 0.917. The number of piperidine rings is 1. The Bertz CT molecular complexity index is 346. The first kappa shape index (κ1) is 10.8. The number of halogens is 1. The number of nitrogens with zero attached hydrogens (tertiary/aromatic N) is 3. The van der Waals surface area contributed by atoms with Crippen molar-refractivity contribution in [1.82, 2.24) is 9.97 Å². The Morgan fingerprint density at radius 3 is 2.73 bits per heavy atom. The molecule has 0 unspecified atom stereocenters. The molecule has 0 aliphatic carbocycles. The lowest BCUT2D eigenvalue weighted by Crippen LogP contribution is -2.42. The van der Waals surface area contributed by atoms with Gasteiger partial charge in [0.15, 0.2) is 0 Å². The topological polar surface area (TPSA) is 49.2 Å². The molecular formula is C10H14BrN3O. The lowest BCUT2D eigenvalue weighted by Gasteiger charge is -2.36. The predicted octanol–water partition coefficient (Wildman–Crippen LogP) is 1.59. The van der Waals surface area contributed by atoms with E-state index in [2.05, 4.69) is 30.8 Å². The van der Waals surface area contributed by atoms with E-state index in [0.717, 1.165) is 36.2 Å². The smallest absolute Gasteiger partial charge is 0.146 e. The average molecular weight is 272 g/mol. The monoisotopic (exact) mass is 271 g/mol. The molecule has 0 aromatic carbocycles. The molecule has 0 spiro atoms. The van der Waals surface area contributed by atoms with Gasteiger partial charge in [0.1, 0.15) is 12.1 Å². The minimum atomic E-state index is -0.518. The summed E-state index contributed by atoms with van der Waals surface area (Å²) in [5.41, 5.74) is -0.518. The maximum atomic E-state index is 9.84. The summed E-state index contributed by atoms with van der Waals surface area (Å²) in [6, 6.07) is 0. The van der Waals surface area contributed by atoms with Crippen LogP contribution in [0.3, 0.4) is 0 Å². The summed E-state index contributed by atoms with van der Waals surface area (Å²) in [6.45, 7) is 3.56. The SMILES string of the molecule is CC1(O)CCN(c2ncncc2Br)CC1. The second kappa shape index (κ2) is 4.06. The maximum absolute atomic E-state index is 9.84. The second-order valence-electron chi connectivity index (χ2n) is 4.18. The van der Waals surface area contributed by atoms with Gasteiger partial charge < -0.3 is 10.0 Å². The van der Waals surface area contributed by atoms with E-state index < -0.39 is 5.60 Å². The molecule has 0 atom stereocenters. The molecule has 2 heterocycles. The van der Waals surface area contributed by atoms with Crippen molar-refractivity contribution in [2.45, 2.75) is 25.4 Å². The number of aromatic nitrogens is 2. The standard InChI is InChI=1S/C10H14BrN3O/c1-10(15)2-4-14(5-3-10)9-8(11)6-12-7-13-9/h6-7,15H,2-5H2,1H3. The van der Waals surface area contributed by atoms with E-state index >= 15 is 0 Å². The number of anilines is 1. The zero-order chi connectivity index (χ0) is 10.9. The Balaban J connectivity index is 2.11. The predicted molar refractivity (Wildman–Crippen MR) is 61.8 cm³/mol. The minimum absolute atomic E-state index is 0.518. The highest BCUT2D eigenvalue weighted by atomic mass is 79.9. The molecule has 15 heavy (non-hydrogen) atoms. The van der Waals surface area contributed by atoms with Crippen LogP contribution in [0, 0.1) is 0 Å². The van der Waals surface area contributed by atoms with Crippen LogP contribution < -0.4 is 4.90 Å². The van der Waals surface area contributed by atoms with Gasteiger partial charge in [-0.05, 0) is 35.7 Å². The summed E-state index contributed by atoms with van der Waals surface area (Å²) in [7, 11) is 0. The van der Waals surface area contributed by atoms with E-state index in [1.54, 1.807) is 12.5 Å². The third-order valence-corrected chi connectivity index (χ3v) is 3.35. The van der Waals surface area contributed by atoms with Crippen LogP contribution in [0.2, 0.25) is 0 Å². The fourth-order valence-corrected chi connectivity index (χ4v) is 2.21. The summed E-state index contributed by atoms with van der Waals surface area (Å²) in [6.07, 6.45) is 4.86. The third-order valence-electron chi connectivity index (χ3n) is 2.79. The minimum Gasteiger partial charge on any atom is -0.390 e. The van der Waals surface area contributed by atoms with E-state index in [0.29, 0.717) is 0 Å². The first-order chi connectivity index (χ1) is 7.08. The lowest BCUT2D eigenvalue weighted by molar-refractivity contribution is 0.0350. The van der Waals surface area contributed by atoms with Gasteiger partial charge >= 0.3 is 0 Å². The first-order valence-electron chi connectivity index (χ1n) is 5.01. The molecule has 5 heteroatoms. The van der Waals surface area contributed by atoms with E-state index in [4.69, 9.17) is 0 Å². The fraction of sp³-hybridized carbons (Fsp3) is 0.600. The van der Waals surface area contributed by atoms with E-state index in [1.165, 1.54) is 0 Å². The normalized spacial score (nSPS) is 20.3. The van der Waals surface area contributed by atoms with Crippen molar-refractivity contribution in [3.05, 3.63) is 17.0 Å². The fourth-order valence-electron chi connectivity index (χ4n) is 1.74. The molecule has 4 nitrogen and oxygen atoms in total. The van der Waals surface area contributed by atoms with Crippen molar-refractivity contribution in [3.63, 3.8) is 0 Å². The molecule has 82 valence electrons. The Labute approximate surface area is 97.5 Å². The Morgan fingerprint density at radius 2 is 2.13 bits per heavy atom. The second-order valence-corrected chi connectivity index (χ2v) is 5.03. The Hall–Kier alpha value is -0.680. The van der Waals surface area contributed by atoms with Crippen LogP contribution >= 0.6 is 15.9 Å². The molecule has 1 N–H and O–H groups in total. The van der Waals surface area contributed by atoms with E-state index in [-0.39, 0.29) is 0 Å². The van der Waals surface area contributed by atoms with E-state index in [1.807, 2.05) is 6.92 Å². The van der Waals surface area contributed by atoms with Crippen LogP contribution in [-0.4, -0.2) is 33.8 Å². The quantitative estimate of drug-likeness (QED) is 0.843. The molecule has 0 radical (unpaired) electrons. The zero-order valence-electron chi connectivity index (χ0n) is 8.65. The Kier molecular flexibility index (Phi) is 2.93. The van der Waals surface area contributed by atoms with E-state index in [9.17, 15) is 5.11 Å². The van der Waals surface area contributed by atoms with Crippen LogP contribution in [0.15, 0.2) is 17.0 Å². The molecule has 1 saturated heterocycles. The molecule has 0 saturated carbocycles. The van der Waals surface area contributed by atoms with Crippen molar-refractivity contribution >= 4 is 21.7 Å². The first-order valence-corrected chi connectivity index (χ1v) is 5.81. The lowest BCUT2D eigenvalue weighted by atomic mass is 9.94. The Morgan fingerprint density at radius 1 is 1.47 bits per heavy atom. The highest BCUT2D eigenvalue weighted by Crippen LogP contribution is 2.28. The largest absolute Gasteiger partial charge is 0.390 e. The molecule has 1 aromatic heterocycles. The molecule has 1 fully saturated rings. The number of rotatable bonds is 1. The molecular weight excluding hydrogens is 258 g/mol. The third kappa shape index (κ3) is 2.46. The number of hydrogen-bond acceptors (Lipinski definition) is 4. The van der Waals surface area contributed by atoms with Crippen molar-refractivity contribution in [2.75, 3.05) is 18.0 Å². The number of aliphatic hydroxyl groups is 1. The van der Waals surface area contributed by atoms with Gasteiger partial charge in [-0.1, -0.05) is 0 Å². The summed E-state index contributed by atoms with van der Waals surface area (Å²) < 4.78 is 0.909. The molecule has 1 aromatic rings. The highest BCUT2D eigenvalue weighted by molar-refractivity contribution is 9.10. The van der Waals surface area contributed by atoms with Gasteiger partial charge in [0.2, 0.25) is 0 Å². The van der Waals surface area contributed by atoms with Crippen LogP contribution in [0.1, 0.15) is 19.8 Å². The van der Waals surface area contributed by atoms with Crippen LogP contribution in [0.5, 0.6) is 0 Å². The van der Waals surface area contributed by atoms with Crippen LogP contribution in [0.25, 0.3) is 0 Å². The zero-order valence-corrected chi connectivity index (χ0v) is 10.2. The van der Waals surface area contributed by atoms with Crippen molar-refractivity contribution < 1.29 is 5.11 Å². The molecule has 0 bridgehead atoms. The van der Waals surface area contributed by atoms with Crippen LogP contribution in [0.4, 0.5) is 5.82 Å². The van der Waals surface area contributed by atoms with Gasteiger partial charge in [-0.15, -0.1) is 0 Å². The van der Waals surface area contributed by atoms with Gasteiger partial charge in [-0.2, -0.15) is 0 Å². The van der Waals surface area contributed by atoms with Crippen LogP contribution in [-0.2, 0) is 0 Å². The van der Waals surface area contributed by atoms with Crippen molar-refractivity contribution in [3.8, 4) is 0 Å². The summed E-state index contributed by atoms with van der Waals surface area (Å²) in [4.78, 5) is 10.3. The molecule has 1 aliphatic rings.